The fourth-order valence-corrected chi connectivity index (χ4v) is 3.29. The number of carbonyl (C=O) groups excluding carboxylic acids is 1. The SMILES string of the molecule is NC(=O)c1ccc(F)cc1CN1COC/C(F)=C\N=C1N1CCC[C@@H](N)C1. The van der Waals surface area contributed by atoms with Crippen LogP contribution in [0.5, 0.6) is 0 Å². The first-order chi connectivity index (χ1) is 12.9. The minimum atomic E-state index is -0.651. The molecule has 0 spiro atoms. The number of benzene rings is 1. The fraction of sp³-hybridized carbons (Fsp3) is 0.444. The van der Waals surface area contributed by atoms with Gasteiger partial charge in [-0.2, -0.15) is 0 Å². The summed E-state index contributed by atoms with van der Waals surface area (Å²) in [5.41, 5.74) is 12.1. The maximum absolute atomic E-state index is 13.7. The van der Waals surface area contributed by atoms with Crippen LogP contribution < -0.4 is 11.5 Å². The van der Waals surface area contributed by atoms with E-state index in [4.69, 9.17) is 16.2 Å². The van der Waals surface area contributed by atoms with Crippen molar-refractivity contribution in [3.63, 3.8) is 0 Å². The van der Waals surface area contributed by atoms with E-state index in [2.05, 4.69) is 4.99 Å². The van der Waals surface area contributed by atoms with Crippen molar-refractivity contribution in [2.45, 2.75) is 25.4 Å². The van der Waals surface area contributed by atoms with Gasteiger partial charge < -0.3 is 26.0 Å². The molecule has 27 heavy (non-hydrogen) atoms. The van der Waals surface area contributed by atoms with Gasteiger partial charge in [-0.05, 0) is 36.6 Å². The largest absolute Gasteiger partial charge is 0.366 e. The number of halogens is 2. The first-order valence-corrected chi connectivity index (χ1v) is 8.78. The number of hydrogen-bond acceptors (Lipinski definition) is 6. The van der Waals surface area contributed by atoms with E-state index in [1.165, 1.54) is 18.2 Å². The van der Waals surface area contributed by atoms with Crippen LogP contribution in [0, 0.1) is 5.82 Å². The molecule has 7 nitrogen and oxygen atoms in total. The summed E-state index contributed by atoms with van der Waals surface area (Å²) in [7, 11) is 0. The van der Waals surface area contributed by atoms with Gasteiger partial charge in [-0.3, -0.25) is 4.79 Å². The van der Waals surface area contributed by atoms with Gasteiger partial charge in [-0.15, -0.1) is 0 Å². The van der Waals surface area contributed by atoms with Crippen LogP contribution in [0.1, 0.15) is 28.8 Å². The first-order valence-electron chi connectivity index (χ1n) is 8.78. The number of nitrogens with zero attached hydrogens (tertiary/aromatic N) is 3. The molecule has 1 atom stereocenters. The zero-order valence-electron chi connectivity index (χ0n) is 14.9. The molecule has 1 aromatic carbocycles. The minimum Gasteiger partial charge on any atom is -0.366 e. The number of amides is 1. The molecule has 1 aromatic rings. The predicted molar refractivity (Wildman–Crippen MR) is 96.7 cm³/mol. The highest BCUT2D eigenvalue weighted by atomic mass is 19.1. The van der Waals surface area contributed by atoms with Gasteiger partial charge in [0.15, 0.2) is 0 Å². The lowest BCUT2D eigenvalue weighted by atomic mass is 10.1. The molecule has 3 rings (SSSR count). The molecule has 9 heteroatoms. The third kappa shape index (κ3) is 4.81. The highest BCUT2D eigenvalue weighted by Crippen LogP contribution is 2.19. The summed E-state index contributed by atoms with van der Waals surface area (Å²) in [6.45, 7) is 1.23. The molecule has 4 N–H and O–H groups in total. The van der Waals surface area contributed by atoms with Crippen LogP contribution in [0.2, 0.25) is 0 Å². The van der Waals surface area contributed by atoms with Crippen molar-refractivity contribution >= 4 is 11.9 Å². The number of primary amides is 1. The molecule has 0 bridgehead atoms. The van der Waals surface area contributed by atoms with E-state index in [1.54, 1.807) is 4.90 Å². The molecular formula is C18H23F2N5O2. The Morgan fingerprint density at radius 2 is 2.19 bits per heavy atom. The van der Waals surface area contributed by atoms with Gasteiger partial charge in [0.25, 0.3) is 0 Å². The van der Waals surface area contributed by atoms with Crippen LogP contribution in [0.15, 0.2) is 35.2 Å². The summed E-state index contributed by atoms with van der Waals surface area (Å²) in [5.74, 6) is -1.15. The Bertz CT molecular complexity index is 768. The lowest BCUT2D eigenvalue weighted by Gasteiger charge is -2.38. The van der Waals surface area contributed by atoms with E-state index in [9.17, 15) is 13.6 Å². The maximum atomic E-state index is 13.7. The van der Waals surface area contributed by atoms with Crippen LogP contribution in [-0.4, -0.2) is 54.1 Å². The van der Waals surface area contributed by atoms with Crippen molar-refractivity contribution in [2.75, 3.05) is 26.4 Å². The quantitative estimate of drug-likeness (QED) is 0.825. The minimum absolute atomic E-state index is 0.0150. The average Bonchev–Trinajstić information content (AvgIpc) is 2.60. The number of nitrogens with two attached hydrogens (primary N) is 2. The normalized spacial score (nSPS) is 23.1. The molecule has 2 aliphatic heterocycles. The molecule has 0 unspecified atom stereocenters. The highest BCUT2D eigenvalue weighted by Gasteiger charge is 2.26. The van der Waals surface area contributed by atoms with Crippen LogP contribution in [0.4, 0.5) is 8.78 Å². The molecule has 1 fully saturated rings. The molecule has 0 aliphatic carbocycles. The summed E-state index contributed by atoms with van der Waals surface area (Å²) in [5, 5.41) is 0. The van der Waals surface area contributed by atoms with Gasteiger partial charge in [0.1, 0.15) is 25.0 Å². The maximum Gasteiger partial charge on any atom is 0.249 e. The standard InChI is InChI=1S/C18H23F2N5O2/c19-13-3-4-16(17(22)26)12(6-13)8-25-11-27-10-14(20)7-23-18(25)24-5-1-2-15(21)9-24/h3-4,6-7,15H,1-2,5,8-11,21H2,(H2,22,26)/b14-7+,23-18?/t15-/m1/s1. The second-order valence-corrected chi connectivity index (χ2v) is 6.69. The smallest absolute Gasteiger partial charge is 0.249 e. The molecular weight excluding hydrogens is 356 g/mol. The van der Waals surface area contributed by atoms with Crippen LogP contribution in [0.3, 0.4) is 0 Å². The van der Waals surface area contributed by atoms with Crippen molar-refractivity contribution in [3.05, 3.63) is 47.2 Å². The van der Waals surface area contributed by atoms with E-state index in [-0.39, 0.29) is 31.5 Å². The van der Waals surface area contributed by atoms with Gasteiger partial charge in [-0.25, -0.2) is 13.8 Å². The Morgan fingerprint density at radius 3 is 2.93 bits per heavy atom. The topological polar surface area (TPSA) is 97.2 Å². The summed E-state index contributed by atoms with van der Waals surface area (Å²) in [4.78, 5) is 19.7. The Morgan fingerprint density at radius 1 is 1.37 bits per heavy atom. The number of rotatable bonds is 3. The van der Waals surface area contributed by atoms with Crippen molar-refractivity contribution < 1.29 is 18.3 Å². The van der Waals surface area contributed by atoms with Crippen molar-refractivity contribution in [2.24, 2.45) is 16.5 Å². The number of ether oxygens (including phenoxy) is 1. The van der Waals surface area contributed by atoms with E-state index in [1.807, 2.05) is 4.90 Å². The summed E-state index contributed by atoms with van der Waals surface area (Å²) in [6.07, 6.45) is 2.90. The molecule has 1 saturated heterocycles. The Labute approximate surface area is 156 Å². The summed E-state index contributed by atoms with van der Waals surface area (Å²) >= 11 is 0. The number of piperidine rings is 1. The third-order valence-corrected chi connectivity index (χ3v) is 4.52. The lowest BCUT2D eigenvalue weighted by Crippen LogP contribution is -2.52. The Kier molecular flexibility index (Phi) is 6.02. The number of aliphatic imine (C=N–C) groups is 1. The van der Waals surface area contributed by atoms with Gasteiger partial charge in [0, 0.05) is 31.2 Å². The van der Waals surface area contributed by atoms with E-state index in [0.29, 0.717) is 24.6 Å². The van der Waals surface area contributed by atoms with Crippen LogP contribution in [-0.2, 0) is 11.3 Å². The predicted octanol–water partition coefficient (Wildman–Crippen LogP) is 1.30. The zero-order valence-corrected chi connectivity index (χ0v) is 14.9. The number of carbonyl (C=O) groups is 1. The molecule has 0 radical (unpaired) electrons. The average molecular weight is 379 g/mol. The molecule has 1 amide bonds. The first kappa shape index (κ1) is 19.2. The molecule has 146 valence electrons. The summed E-state index contributed by atoms with van der Waals surface area (Å²) in [6, 6.07) is 3.78. The molecule has 0 aromatic heterocycles. The summed E-state index contributed by atoms with van der Waals surface area (Å²) < 4.78 is 32.8. The molecule has 2 aliphatic rings. The van der Waals surface area contributed by atoms with E-state index < -0.39 is 17.6 Å². The fourth-order valence-electron chi connectivity index (χ4n) is 3.29. The van der Waals surface area contributed by atoms with Gasteiger partial charge in [0.2, 0.25) is 11.9 Å². The van der Waals surface area contributed by atoms with E-state index >= 15 is 0 Å². The second kappa shape index (κ2) is 8.45. The van der Waals surface area contributed by atoms with Gasteiger partial charge in [0.05, 0.1) is 6.20 Å². The number of likely N-dealkylation sites (tertiary alicyclic amines) is 1. The van der Waals surface area contributed by atoms with Crippen molar-refractivity contribution in [3.8, 4) is 0 Å². The Balaban J connectivity index is 1.93. The number of hydrogen-bond donors (Lipinski definition) is 2. The number of guanidine groups is 1. The third-order valence-electron chi connectivity index (χ3n) is 4.52. The van der Waals surface area contributed by atoms with E-state index in [0.717, 1.165) is 19.0 Å². The monoisotopic (exact) mass is 379 g/mol. The van der Waals surface area contributed by atoms with Crippen LogP contribution >= 0.6 is 0 Å². The van der Waals surface area contributed by atoms with Crippen molar-refractivity contribution in [1.82, 2.24) is 9.80 Å². The van der Waals surface area contributed by atoms with Gasteiger partial charge >= 0.3 is 0 Å². The molecule has 2 heterocycles. The lowest BCUT2D eigenvalue weighted by molar-refractivity contribution is 0.0569. The van der Waals surface area contributed by atoms with Crippen molar-refractivity contribution in [1.29, 1.82) is 0 Å². The van der Waals surface area contributed by atoms with Crippen LogP contribution in [0.25, 0.3) is 0 Å². The highest BCUT2D eigenvalue weighted by molar-refractivity contribution is 5.94. The molecule has 0 saturated carbocycles. The zero-order chi connectivity index (χ0) is 19.4. The second-order valence-electron chi connectivity index (χ2n) is 6.69. The van der Waals surface area contributed by atoms with Gasteiger partial charge in [-0.1, -0.05) is 0 Å². The Hall–Kier alpha value is -2.52.